The first-order valence-electron chi connectivity index (χ1n) is 7.03. The van der Waals surface area contributed by atoms with Crippen LogP contribution in [-0.2, 0) is 4.74 Å². The Kier molecular flexibility index (Phi) is 6.87. The molecule has 0 unspecified atom stereocenters. The molecule has 0 saturated carbocycles. The van der Waals surface area contributed by atoms with E-state index in [-0.39, 0.29) is 30.8 Å². The lowest BCUT2D eigenvalue weighted by atomic mass is 9.88. The quantitative estimate of drug-likeness (QED) is 0.437. The van der Waals surface area contributed by atoms with Crippen LogP contribution in [0.15, 0.2) is 21.8 Å². The van der Waals surface area contributed by atoms with Crippen molar-refractivity contribution in [1.82, 2.24) is 0 Å². The monoisotopic (exact) mass is 267 g/mol. The minimum Gasteiger partial charge on any atom is -0.369 e. The maximum Gasteiger partial charge on any atom is 0.102 e. The van der Waals surface area contributed by atoms with Crippen LogP contribution in [0.25, 0.3) is 0 Å². The van der Waals surface area contributed by atoms with Gasteiger partial charge in [0.15, 0.2) is 0 Å². The third kappa shape index (κ3) is 4.51. The Morgan fingerprint density at radius 1 is 1.53 bits per heavy atom. The predicted molar refractivity (Wildman–Crippen MR) is 78.5 cm³/mol. The summed E-state index contributed by atoms with van der Waals surface area (Å²) in [4.78, 5) is 14.9. The zero-order valence-electron chi connectivity index (χ0n) is 12.1. The van der Waals surface area contributed by atoms with Gasteiger partial charge in [0.1, 0.15) is 12.6 Å². The second-order valence-corrected chi connectivity index (χ2v) is 4.92. The second kappa shape index (κ2) is 8.17. The van der Waals surface area contributed by atoms with Crippen LogP contribution in [0.1, 0.15) is 40.0 Å². The molecule has 0 aromatic carbocycles. The Morgan fingerprint density at radius 3 is 2.74 bits per heavy atom. The van der Waals surface area contributed by atoms with Crippen LogP contribution in [-0.4, -0.2) is 37.1 Å². The number of aliphatic imine (C=N–C) groups is 1. The van der Waals surface area contributed by atoms with Crippen LogP contribution in [0, 0.1) is 4.91 Å². The van der Waals surface area contributed by atoms with Gasteiger partial charge in [-0.1, -0.05) is 25.1 Å². The summed E-state index contributed by atoms with van der Waals surface area (Å²) in [6.07, 6.45) is 6.38. The Labute approximate surface area is 115 Å². The smallest absolute Gasteiger partial charge is 0.102 e. The molecule has 1 aliphatic rings. The lowest BCUT2D eigenvalue weighted by Crippen LogP contribution is -2.46. The third-order valence-electron chi connectivity index (χ3n) is 3.52. The first-order chi connectivity index (χ1) is 9.15. The summed E-state index contributed by atoms with van der Waals surface area (Å²) in [6, 6.07) is -0.182. The summed E-state index contributed by atoms with van der Waals surface area (Å²) in [6.45, 7) is 6.28. The maximum absolute atomic E-state index is 10.4. The summed E-state index contributed by atoms with van der Waals surface area (Å²) in [5, 5.41) is 2.95. The molecule has 0 amide bonds. The molecule has 0 aromatic heterocycles. The van der Waals surface area contributed by atoms with Crippen molar-refractivity contribution >= 4 is 6.21 Å². The van der Waals surface area contributed by atoms with Gasteiger partial charge in [-0.3, -0.25) is 4.99 Å². The molecule has 0 fully saturated rings. The lowest BCUT2D eigenvalue weighted by Gasteiger charge is -2.34. The van der Waals surface area contributed by atoms with E-state index in [0.29, 0.717) is 6.42 Å². The van der Waals surface area contributed by atoms with Crippen molar-refractivity contribution in [2.24, 2.45) is 15.9 Å². The predicted octanol–water partition coefficient (Wildman–Crippen LogP) is 2.44. The Morgan fingerprint density at radius 2 is 2.21 bits per heavy atom. The van der Waals surface area contributed by atoms with Gasteiger partial charge >= 0.3 is 0 Å². The molecule has 108 valence electrons. The van der Waals surface area contributed by atoms with Crippen LogP contribution in [0.5, 0.6) is 0 Å². The van der Waals surface area contributed by atoms with Crippen LogP contribution in [0.2, 0.25) is 0 Å². The number of nitrogens with two attached hydrogens (primary N) is 1. The van der Waals surface area contributed by atoms with Crippen molar-refractivity contribution in [3.05, 3.63) is 16.6 Å². The van der Waals surface area contributed by atoms with Crippen LogP contribution in [0.3, 0.4) is 0 Å². The summed E-state index contributed by atoms with van der Waals surface area (Å²) in [7, 11) is 0. The topological polar surface area (TPSA) is 77.0 Å². The van der Waals surface area contributed by atoms with E-state index in [9.17, 15) is 4.91 Å². The van der Waals surface area contributed by atoms with Crippen molar-refractivity contribution < 1.29 is 4.74 Å². The average molecular weight is 267 g/mol. The van der Waals surface area contributed by atoms with Gasteiger partial charge in [0.05, 0.1) is 12.1 Å². The van der Waals surface area contributed by atoms with Crippen molar-refractivity contribution in [1.29, 1.82) is 0 Å². The number of hydrogen-bond acceptors (Lipinski definition) is 5. The molecule has 2 N–H and O–H groups in total. The Bertz CT molecular complexity index is 338. The number of rotatable bonds is 7. The molecule has 5 nitrogen and oxygen atoms in total. The molecule has 5 heteroatoms. The fourth-order valence-corrected chi connectivity index (χ4v) is 2.46. The molecule has 1 aliphatic carbocycles. The van der Waals surface area contributed by atoms with Gasteiger partial charge in [0.25, 0.3) is 0 Å². The first-order valence-corrected chi connectivity index (χ1v) is 7.03. The second-order valence-electron chi connectivity index (χ2n) is 4.92. The molecule has 0 bridgehead atoms. The van der Waals surface area contributed by atoms with Crippen molar-refractivity contribution in [3.63, 3.8) is 0 Å². The van der Waals surface area contributed by atoms with E-state index >= 15 is 0 Å². The molecule has 0 heterocycles. The van der Waals surface area contributed by atoms with E-state index in [1.54, 1.807) is 6.21 Å². The van der Waals surface area contributed by atoms with E-state index in [1.165, 1.54) is 0 Å². The summed E-state index contributed by atoms with van der Waals surface area (Å²) < 4.78 is 6.09. The SMILES string of the molecule is CC=N[C@@H]1[C@@H](N)CC(CN=O)=C[C@H]1OC(CC)CC. The summed E-state index contributed by atoms with van der Waals surface area (Å²) in [5.74, 6) is 0. The Hall–Kier alpha value is -1.07. The highest BCUT2D eigenvalue weighted by Gasteiger charge is 2.32. The standard InChI is InChI=1S/C14H25N3O2/c1-4-11(5-2)19-13-8-10(9-17-18)7-12(15)14(13)16-6-3/h6,8,11-14H,4-5,7,9,15H2,1-3H3/t12-,13+,14+/m0/s1. The van der Waals surface area contributed by atoms with Gasteiger partial charge in [-0.25, -0.2) is 0 Å². The first kappa shape index (κ1) is 16.0. The van der Waals surface area contributed by atoms with Gasteiger partial charge in [-0.05, 0) is 38.0 Å². The van der Waals surface area contributed by atoms with Crippen LogP contribution >= 0.6 is 0 Å². The summed E-state index contributed by atoms with van der Waals surface area (Å²) >= 11 is 0. The van der Waals surface area contributed by atoms with Crippen LogP contribution in [0.4, 0.5) is 0 Å². The van der Waals surface area contributed by atoms with Gasteiger partial charge in [-0.2, -0.15) is 4.91 Å². The number of nitroso groups, excluding NO2 is 1. The van der Waals surface area contributed by atoms with Crippen molar-refractivity contribution in [2.75, 3.05) is 6.54 Å². The van der Waals surface area contributed by atoms with Gasteiger partial charge < -0.3 is 10.5 Å². The molecule has 3 atom stereocenters. The van der Waals surface area contributed by atoms with Crippen LogP contribution < -0.4 is 5.73 Å². The van der Waals surface area contributed by atoms with Gasteiger partial charge in [-0.15, -0.1) is 0 Å². The van der Waals surface area contributed by atoms with Crippen molar-refractivity contribution in [3.8, 4) is 0 Å². The minimum absolute atomic E-state index is 0.0685. The van der Waals surface area contributed by atoms with Gasteiger partial charge in [0, 0.05) is 6.04 Å². The highest BCUT2D eigenvalue weighted by atomic mass is 16.5. The van der Waals surface area contributed by atoms with E-state index in [0.717, 1.165) is 18.4 Å². The highest BCUT2D eigenvalue weighted by molar-refractivity contribution is 5.54. The molecular formula is C14H25N3O2. The summed E-state index contributed by atoms with van der Waals surface area (Å²) in [5.41, 5.74) is 7.12. The maximum atomic E-state index is 10.4. The zero-order valence-corrected chi connectivity index (χ0v) is 12.1. The fraction of sp³-hybridized carbons (Fsp3) is 0.786. The Balaban J connectivity index is 2.88. The normalized spacial score (nSPS) is 27.8. The molecular weight excluding hydrogens is 242 g/mol. The molecule has 0 aromatic rings. The largest absolute Gasteiger partial charge is 0.369 e. The minimum atomic E-state index is -0.151. The number of ether oxygens (including phenoxy) is 1. The number of nitrogens with zero attached hydrogens (tertiary/aromatic N) is 2. The number of hydrogen-bond donors (Lipinski definition) is 1. The van der Waals surface area contributed by atoms with E-state index < -0.39 is 0 Å². The van der Waals surface area contributed by atoms with E-state index in [2.05, 4.69) is 24.0 Å². The molecule has 0 saturated heterocycles. The van der Waals surface area contributed by atoms with E-state index in [1.807, 2.05) is 13.0 Å². The fourth-order valence-electron chi connectivity index (χ4n) is 2.46. The zero-order chi connectivity index (χ0) is 14.3. The third-order valence-corrected chi connectivity index (χ3v) is 3.52. The molecule has 0 radical (unpaired) electrons. The molecule has 0 spiro atoms. The lowest BCUT2D eigenvalue weighted by molar-refractivity contribution is -0.00936. The molecule has 19 heavy (non-hydrogen) atoms. The van der Waals surface area contributed by atoms with E-state index in [4.69, 9.17) is 10.5 Å². The van der Waals surface area contributed by atoms with Gasteiger partial charge in [0.2, 0.25) is 0 Å². The molecule has 1 rings (SSSR count). The highest BCUT2D eigenvalue weighted by Crippen LogP contribution is 2.25. The van der Waals surface area contributed by atoms with Crippen molar-refractivity contribution in [2.45, 2.75) is 64.3 Å². The average Bonchev–Trinajstić information content (AvgIpc) is 2.40. The molecule has 0 aliphatic heterocycles.